The number of thioether (sulfide) groups is 1. The van der Waals surface area contributed by atoms with Gasteiger partial charge in [-0.05, 0) is 54.2 Å². The first-order valence-electron chi connectivity index (χ1n) is 13.1. The van der Waals surface area contributed by atoms with Crippen molar-refractivity contribution >= 4 is 46.8 Å². The van der Waals surface area contributed by atoms with Gasteiger partial charge in [-0.1, -0.05) is 96.7 Å². The standard InChI is InChI=1S/C31H34Cl2N2O2S/c1-22-9-5-6-12-25(22)19-35(30(36)21-38-20-24-15-16-27(32)28(33)17-24)29(18-23-10-3-2-4-11-23)31(37)34-26-13-7-8-14-26/h2-6,9-12,15-17,26,29H,7-8,13-14,18-21H2,1H3,(H,34,37)/t29-/m0/s1. The minimum Gasteiger partial charge on any atom is -0.352 e. The van der Waals surface area contributed by atoms with E-state index < -0.39 is 6.04 Å². The summed E-state index contributed by atoms with van der Waals surface area (Å²) in [4.78, 5) is 29.4. The Morgan fingerprint density at radius 2 is 1.66 bits per heavy atom. The van der Waals surface area contributed by atoms with E-state index in [1.54, 1.807) is 11.0 Å². The Kier molecular flexibility index (Phi) is 10.6. The molecule has 4 nitrogen and oxygen atoms in total. The quantitative estimate of drug-likeness (QED) is 0.265. The van der Waals surface area contributed by atoms with Crippen LogP contribution >= 0.6 is 35.0 Å². The van der Waals surface area contributed by atoms with Crippen molar-refractivity contribution in [1.29, 1.82) is 0 Å². The molecule has 1 aliphatic rings. The summed E-state index contributed by atoms with van der Waals surface area (Å²) in [7, 11) is 0. The second-order valence-electron chi connectivity index (χ2n) is 9.88. The van der Waals surface area contributed by atoms with E-state index in [1.807, 2.05) is 73.7 Å². The van der Waals surface area contributed by atoms with Crippen molar-refractivity contribution in [2.75, 3.05) is 5.75 Å². The maximum Gasteiger partial charge on any atom is 0.243 e. The number of amides is 2. The van der Waals surface area contributed by atoms with Gasteiger partial charge in [0.05, 0.1) is 15.8 Å². The predicted molar refractivity (Wildman–Crippen MR) is 159 cm³/mol. The second kappa shape index (κ2) is 14.1. The molecule has 1 fully saturated rings. The molecule has 38 heavy (non-hydrogen) atoms. The summed E-state index contributed by atoms with van der Waals surface area (Å²) in [5.74, 6) is 0.755. The number of rotatable bonds is 11. The lowest BCUT2D eigenvalue weighted by atomic mass is 10.0. The van der Waals surface area contributed by atoms with Gasteiger partial charge < -0.3 is 10.2 Å². The fourth-order valence-electron chi connectivity index (χ4n) is 4.86. The number of carbonyl (C=O) groups is 2. The number of halogens is 2. The molecule has 1 atom stereocenters. The molecule has 4 rings (SSSR count). The second-order valence-corrected chi connectivity index (χ2v) is 11.7. The Morgan fingerprint density at radius 3 is 2.37 bits per heavy atom. The van der Waals surface area contributed by atoms with E-state index in [1.165, 1.54) is 11.8 Å². The highest BCUT2D eigenvalue weighted by molar-refractivity contribution is 7.99. The van der Waals surface area contributed by atoms with Crippen LogP contribution in [0.1, 0.15) is 47.9 Å². The largest absolute Gasteiger partial charge is 0.352 e. The number of aryl methyl sites for hydroxylation is 1. The molecule has 0 saturated heterocycles. The maximum atomic E-state index is 13.8. The Morgan fingerprint density at radius 1 is 0.947 bits per heavy atom. The molecule has 1 aliphatic carbocycles. The van der Waals surface area contributed by atoms with E-state index in [9.17, 15) is 9.59 Å². The molecular formula is C31H34Cl2N2O2S. The van der Waals surface area contributed by atoms with Crippen molar-refractivity contribution in [1.82, 2.24) is 10.2 Å². The van der Waals surface area contributed by atoms with Gasteiger partial charge >= 0.3 is 0 Å². The molecule has 0 spiro atoms. The van der Waals surface area contributed by atoms with Crippen LogP contribution in [0.2, 0.25) is 10.0 Å². The Balaban J connectivity index is 1.57. The highest BCUT2D eigenvalue weighted by Crippen LogP contribution is 2.26. The van der Waals surface area contributed by atoms with Crippen LogP contribution in [0.15, 0.2) is 72.8 Å². The highest BCUT2D eigenvalue weighted by Gasteiger charge is 2.32. The molecule has 0 unspecified atom stereocenters. The summed E-state index contributed by atoms with van der Waals surface area (Å²) < 4.78 is 0. The van der Waals surface area contributed by atoms with Gasteiger partial charge in [0.1, 0.15) is 6.04 Å². The number of carbonyl (C=O) groups excluding carboxylic acids is 2. The Hall–Kier alpha value is -2.47. The number of nitrogens with one attached hydrogen (secondary N) is 1. The summed E-state index contributed by atoms with van der Waals surface area (Å²) >= 11 is 13.7. The van der Waals surface area contributed by atoms with Gasteiger partial charge in [0.25, 0.3) is 0 Å². The molecule has 1 N–H and O–H groups in total. The molecule has 1 saturated carbocycles. The van der Waals surface area contributed by atoms with Crippen molar-refractivity contribution in [3.63, 3.8) is 0 Å². The lowest BCUT2D eigenvalue weighted by Gasteiger charge is -2.32. The molecule has 0 aromatic heterocycles. The van der Waals surface area contributed by atoms with Gasteiger partial charge in [-0.25, -0.2) is 0 Å². The van der Waals surface area contributed by atoms with E-state index in [0.717, 1.165) is 47.9 Å². The molecule has 0 radical (unpaired) electrons. The topological polar surface area (TPSA) is 49.4 Å². The third-order valence-electron chi connectivity index (χ3n) is 7.05. The zero-order valence-electron chi connectivity index (χ0n) is 21.7. The lowest BCUT2D eigenvalue weighted by molar-refractivity contribution is -0.139. The maximum absolute atomic E-state index is 13.8. The predicted octanol–water partition coefficient (Wildman–Crippen LogP) is 7.23. The summed E-state index contributed by atoms with van der Waals surface area (Å²) in [6.45, 7) is 2.43. The Bertz CT molecular complexity index is 1230. The average Bonchev–Trinajstić information content (AvgIpc) is 3.42. The van der Waals surface area contributed by atoms with Gasteiger partial charge in [0, 0.05) is 24.8 Å². The lowest BCUT2D eigenvalue weighted by Crippen LogP contribution is -2.52. The van der Waals surface area contributed by atoms with Crippen molar-refractivity contribution in [2.45, 2.75) is 63.4 Å². The van der Waals surface area contributed by atoms with Crippen LogP contribution in [-0.2, 0) is 28.3 Å². The van der Waals surface area contributed by atoms with Crippen LogP contribution in [0.3, 0.4) is 0 Å². The average molecular weight is 570 g/mol. The van der Waals surface area contributed by atoms with E-state index in [-0.39, 0.29) is 23.6 Å². The number of hydrogen-bond donors (Lipinski definition) is 1. The third-order valence-corrected chi connectivity index (χ3v) is 8.78. The van der Waals surface area contributed by atoms with Gasteiger partial charge in [0.15, 0.2) is 0 Å². The fraction of sp³-hybridized carbons (Fsp3) is 0.355. The SMILES string of the molecule is Cc1ccccc1CN(C(=O)CSCc1ccc(Cl)c(Cl)c1)[C@@H](Cc1ccccc1)C(=O)NC1CCCC1. The van der Waals surface area contributed by atoms with Crippen LogP contribution in [0.25, 0.3) is 0 Å². The van der Waals surface area contributed by atoms with Gasteiger partial charge in [-0.2, -0.15) is 0 Å². The van der Waals surface area contributed by atoms with E-state index in [2.05, 4.69) is 5.32 Å². The van der Waals surface area contributed by atoms with Crippen LogP contribution in [0, 0.1) is 6.92 Å². The Labute approximate surface area is 240 Å². The first-order valence-corrected chi connectivity index (χ1v) is 15.0. The minimum absolute atomic E-state index is 0.0548. The monoisotopic (exact) mass is 568 g/mol. The molecular weight excluding hydrogens is 535 g/mol. The van der Waals surface area contributed by atoms with Gasteiger partial charge in [-0.15, -0.1) is 11.8 Å². The minimum atomic E-state index is -0.601. The molecule has 200 valence electrons. The van der Waals surface area contributed by atoms with Crippen molar-refractivity contribution in [3.05, 3.63) is 105 Å². The fourth-order valence-corrected chi connectivity index (χ4v) is 6.04. The summed E-state index contributed by atoms with van der Waals surface area (Å²) in [6, 6.07) is 23.1. The molecule has 2 amide bonds. The van der Waals surface area contributed by atoms with Gasteiger partial charge in [0.2, 0.25) is 11.8 Å². The molecule has 0 bridgehead atoms. The van der Waals surface area contributed by atoms with Crippen molar-refractivity contribution in [2.24, 2.45) is 0 Å². The zero-order valence-corrected chi connectivity index (χ0v) is 24.0. The van der Waals surface area contributed by atoms with Crippen LogP contribution in [-0.4, -0.2) is 34.6 Å². The number of hydrogen-bond acceptors (Lipinski definition) is 3. The van der Waals surface area contributed by atoms with Crippen molar-refractivity contribution < 1.29 is 9.59 Å². The van der Waals surface area contributed by atoms with Crippen molar-refractivity contribution in [3.8, 4) is 0 Å². The number of nitrogens with zero attached hydrogens (tertiary/aromatic N) is 1. The molecule has 0 heterocycles. The van der Waals surface area contributed by atoms with Crippen LogP contribution in [0.5, 0.6) is 0 Å². The molecule has 0 aliphatic heterocycles. The highest BCUT2D eigenvalue weighted by atomic mass is 35.5. The normalized spacial score (nSPS) is 14.3. The molecule has 3 aromatic rings. The smallest absolute Gasteiger partial charge is 0.243 e. The first kappa shape index (κ1) is 28.5. The van der Waals surface area contributed by atoms with Crippen LogP contribution in [0.4, 0.5) is 0 Å². The van der Waals surface area contributed by atoms with Gasteiger partial charge in [-0.3, -0.25) is 9.59 Å². The summed E-state index contributed by atoms with van der Waals surface area (Å²) in [6.07, 6.45) is 4.72. The van der Waals surface area contributed by atoms with E-state index in [4.69, 9.17) is 23.2 Å². The summed E-state index contributed by atoms with van der Waals surface area (Å²) in [5, 5.41) is 4.28. The van der Waals surface area contributed by atoms with E-state index in [0.29, 0.717) is 28.8 Å². The summed E-state index contributed by atoms with van der Waals surface area (Å²) in [5.41, 5.74) is 4.18. The molecule has 3 aromatic carbocycles. The third kappa shape index (κ3) is 8.02. The first-order chi connectivity index (χ1) is 18.4. The molecule has 7 heteroatoms. The van der Waals surface area contributed by atoms with Crippen LogP contribution < -0.4 is 5.32 Å². The zero-order chi connectivity index (χ0) is 26.9. The van der Waals surface area contributed by atoms with E-state index >= 15 is 0 Å². The number of benzene rings is 3.